The molecule has 0 aromatic carbocycles. The van der Waals surface area contributed by atoms with Gasteiger partial charge < -0.3 is 24.4 Å². The van der Waals surface area contributed by atoms with Crippen molar-refractivity contribution in [3.8, 4) is 6.07 Å². The van der Waals surface area contributed by atoms with Gasteiger partial charge in [0.15, 0.2) is 5.69 Å². The monoisotopic (exact) mass is 390 g/mol. The molecule has 1 amide bonds. The third kappa shape index (κ3) is 2.61. The minimum atomic E-state index is -1.12. The van der Waals surface area contributed by atoms with E-state index in [0.29, 0.717) is 24.0 Å². The van der Waals surface area contributed by atoms with Gasteiger partial charge in [-0.05, 0) is 6.92 Å². The number of fused-ring (bicyclic) bond motifs is 1. The molecule has 0 saturated carbocycles. The highest BCUT2D eigenvalue weighted by Crippen LogP contribution is 2.52. The Morgan fingerprint density at radius 2 is 2.22 bits per heavy atom. The number of amides is 1. The molecule has 2 unspecified atom stereocenters. The smallest absolute Gasteiger partial charge is 0.353 e. The zero-order valence-electron chi connectivity index (χ0n) is 14.7. The fraction of sp³-hybridized carbons (Fsp3) is 0.529. The number of β-lactam (4-membered cyclic amide) rings is 1. The first-order chi connectivity index (χ1) is 12.8. The number of carbonyl (C=O) groups excluding carboxylic acids is 1. The number of hydrogen-bond donors (Lipinski definition) is 2. The minimum Gasteiger partial charge on any atom is -0.477 e. The second kappa shape index (κ2) is 6.28. The molecule has 27 heavy (non-hydrogen) atoms. The van der Waals surface area contributed by atoms with E-state index in [-0.39, 0.29) is 34.5 Å². The number of thioether (sulfide) groups is 1. The first kappa shape index (κ1) is 17.9. The molecule has 2 fully saturated rings. The number of aliphatic hydroxyl groups excluding tert-OH is 1. The normalized spacial score (nSPS) is 28.5. The van der Waals surface area contributed by atoms with Crippen molar-refractivity contribution < 1.29 is 24.2 Å². The number of carboxylic acid groups (broad SMARTS) is 1. The first-order valence-corrected chi connectivity index (χ1v) is 9.47. The van der Waals surface area contributed by atoms with E-state index in [0.717, 1.165) is 0 Å². The Balaban J connectivity index is 1.48. The van der Waals surface area contributed by atoms with E-state index in [1.807, 2.05) is 17.9 Å². The van der Waals surface area contributed by atoms with Crippen LogP contribution in [-0.4, -0.2) is 62.5 Å². The van der Waals surface area contributed by atoms with E-state index < -0.39 is 18.0 Å². The summed E-state index contributed by atoms with van der Waals surface area (Å²) in [5.74, 6) is -2.14. The molecule has 3 aliphatic heterocycles. The van der Waals surface area contributed by atoms with Crippen LogP contribution in [-0.2, 0) is 9.59 Å². The van der Waals surface area contributed by atoms with E-state index in [1.165, 1.54) is 22.9 Å². The van der Waals surface area contributed by atoms with Gasteiger partial charge in [0.05, 0.1) is 18.1 Å². The Bertz CT molecular complexity index is 882. The van der Waals surface area contributed by atoms with E-state index in [2.05, 4.69) is 4.98 Å². The molecule has 0 aliphatic carbocycles. The van der Waals surface area contributed by atoms with Crippen molar-refractivity contribution in [2.24, 2.45) is 11.8 Å². The summed E-state index contributed by atoms with van der Waals surface area (Å²) in [5, 5.41) is 28.4. The van der Waals surface area contributed by atoms with Crippen molar-refractivity contribution in [3.63, 3.8) is 0 Å². The predicted octanol–water partition coefficient (Wildman–Crippen LogP) is 0.622. The van der Waals surface area contributed by atoms with Crippen LogP contribution in [0.5, 0.6) is 0 Å². The van der Waals surface area contributed by atoms with Crippen LogP contribution in [0, 0.1) is 23.2 Å². The van der Waals surface area contributed by atoms with Crippen LogP contribution in [0.15, 0.2) is 21.3 Å². The molecule has 4 heterocycles. The molecule has 9 nitrogen and oxygen atoms in total. The van der Waals surface area contributed by atoms with Crippen LogP contribution >= 0.6 is 11.8 Å². The van der Waals surface area contributed by atoms with Crippen LogP contribution in [0.1, 0.15) is 19.5 Å². The number of hydrogen-bond acceptors (Lipinski definition) is 8. The standard InChI is InChI=1S/C17H18N4O5S/c1-7-12-11(8(2)22)15(23)21(12)13(16(24)25)14(7)27-10-4-20(5-10)17-19-9(3-18)6-26-17/h6-8,10-12,22H,4-5H2,1-2H3,(H,24,25)/t7-,8-,11?,12?/m1/s1. The number of carboxylic acids is 1. The number of nitrogens with zero attached hydrogens (tertiary/aromatic N) is 4. The van der Waals surface area contributed by atoms with Crippen LogP contribution in [0.4, 0.5) is 6.01 Å². The topological polar surface area (TPSA) is 131 Å². The summed E-state index contributed by atoms with van der Waals surface area (Å²) in [6.45, 7) is 4.69. The highest BCUT2D eigenvalue weighted by molar-refractivity contribution is 8.03. The number of aromatic nitrogens is 1. The lowest BCUT2D eigenvalue weighted by molar-refractivity contribution is -0.163. The molecule has 2 N–H and O–H groups in total. The largest absolute Gasteiger partial charge is 0.477 e. The van der Waals surface area contributed by atoms with Crippen molar-refractivity contribution in [3.05, 3.63) is 22.6 Å². The predicted molar refractivity (Wildman–Crippen MR) is 94.4 cm³/mol. The zero-order valence-corrected chi connectivity index (χ0v) is 15.5. The third-order valence-electron chi connectivity index (χ3n) is 5.33. The Kier molecular flexibility index (Phi) is 4.16. The Morgan fingerprint density at radius 1 is 1.52 bits per heavy atom. The molecule has 142 valence electrons. The molecule has 0 bridgehead atoms. The minimum absolute atomic E-state index is 0.0424. The lowest BCUT2D eigenvalue weighted by Gasteiger charge is -2.46. The number of anilines is 1. The molecular weight excluding hydrogens is 372 g/mol. The average Bonchev–Trinajstić information content (AvgIpc) is 3.12. The highest BCUT2D eigenvalue weighted by atomic mass is 32.2. The number of nitriles is 1. The summed E-state index contributed by atoms with van der Waals surface area (Å²) in [4.78, 5) is 32.0. The van der Waals surface area contributed by atoms with Crippen LogP contribution in [0.25, 0.3) is 0 Å². The summed E-state index contributed by atoms with van der Waals surface area (Å²) in [7, 11) is 0. The fourth-order valence-corrected chi connectivity index (χ4v) is 5.51. The Morgan fingerprint density at radius 3 is 2.78 bits per heavy atom. The van der Waals surface area contributed by atoms with Gasteiger partial charge in [-0.1, -0.05) is 6.92 Å². The third-order valence-corrected chi connectivity index (χ3v) is 6.78. The van der Waals surface area contributed by atoms with Gasteiger partial charge in [0.2, 0.25) is 5.91 Å². The van der Waals surface area contributed by atoms with Gasteiger partial charge in [0, 0.05) is 29.2 Å². The SMILES string of the molecule is C[C@@H](O)C1C(=O)N2C(C(=O)O)=C(SC3CN(c4nc(C#N)co4)C3)[C@H](C)C12. The van der Waals surface area contributed by atoms with Crippen molar-refractivity contribution in [2.45, 2.75) is 31.2 Å². The van der Waals surface area contributed by atoms with Gasteiger partial charge in [-0.15, -0.1) is 11.8 Å². The molecule has 1 aromatic rings. The highest BCUT2D eigenvalue weighted by Gasteiger charge is 2.60. The summed E-state index contributed by atoms with van der Waals surface area (Å²) in [6, 6.07) is 1.99. The summed E-state index contributed by atoms with van der Waals surface area (Å²) in [5.41, 5.74) is 0.259. The van der Waals surface area contributed by atoms with Crippen LogP contribution in [0.3, 0.4) is 0 Å². The summed E-state index contributed by atoms with van der Waals surface area (Å²) in [6.07, 6.45) is 0.492. The molecule has 2 saturated heterocycles. The molecule has 0 radical (unpaired) electrons. The maximum Gasteiger partial charge on any atom is 0.353 e. The van der Waals surface area contributed by atoms with Gasteiger partial charge in [0.25, 0.3) is 6.01 Å². The number of aliphatic hydroxyl groups is 1. The first-order valence-electron chi connectivity index (χ1n) is 8.59. The molecular formula is C17H18N4O5S. The van der Waals surface area contributed by atoms with Gasteiger partial charge in [0.1, 0.15) is 18.0 Å². The van der Waals surface area contributed by atoms with Crippen molar-refractivity contribution in [1.29, 1.82) is 5.26 Å². The average molecular weight is 390 g/mol. The van der Waals surface area contributed by atoms with Gasteiger partial charge in [-0.25, -0.2) is 4.79 Å². The summed E-state index contributed by atoms with van der Waals surface area (Å²) >= 11 is 1.46. The lowest BCUT2D eigenvalue weighted by Crippen LogP contribution is -2.63. The number of oxazole rings is 1. The molecule has 4 rings (SSSR count). The molecule has 4 atom stereocenters. The van der Waals surface area contributed by atoms with Crippen molar-refractivity contribution in [1.82, 2.24) is 9.88 Å². The molecule has 1 aromatic heterocycles. The van der Waals surface area contributed by atoms with Crippen LogP contribution in [0.2, 0.25) is 0 Å². The van der Waals surface area contributed by atoms with Gasteiger partial charge in [-0.2, -0.15) is 10.2 Å². The van der Waals surface area contributed by atoms with E-state index in [9.17, 15) is 19.8 Å². The number of aliphatic carboxylic acids is 1. The van der Waals surface area contributed by atoms with Crippen molar-refractivity contribution >= 4 is 29.7 Å². The molecule has 0 spiro atoms. The number of rotatable bonds is 5. The lowest BCUT2D eigenvalue weighted by atomic mass is 9.79. The van der Waals surface area contributed by atoms with Crippen molar-refractivity contribution in [2.75, 3.05) is 18.0 Å². The fourth-order valence-electron chi connectivity index (χ4n) is 3.99. The maximum absolute atomic E-state index is 12.3. The zero-order chi connectivity index (χ0) is 19.5. The van der Waals surface area contributed by atoms with Gasteiger partial charge in [-0.3, -0.25) is 4.79 Å². The quantitative estimate of drug-likeness (QED) is 0.695. The molecule has 3 aliphatic rings. The molecule has 10 heteroatoms. The Labute approximate surface area is 159 Å². The maximum atomic E-state index is 12.3. The van der Waals surface area contributed by atoms with Crippen LogP contribution < -0.4 is 4.90 Å². The van der Waals surface area contributed by atoms with E-state index in [4.69, 9.17) is 9.68 Å². The number of carbonyl (C=O) groups is 2. The second-order valence-corrected chi connectivity index (χ2v) is 8.39. The Hall–Kier alpha value is -2.51. The van der Waals surface area contributed by atoms with E-state index in [1.54, 1.807) is 6.92 Å². The van der Waals surface area contributed by atoms with E-state index >= 15 is 0 Å². The van der Waals surface area contributed by atoms with Gasteiger partial charge >= 0.3 is 5.97 Å². The summed E-state index contributed by atoms with van der Waals surface area (Å²) < 4.78 is 5.25. The second-order valence-electron chi connectivity index (χ2n) is 7.04.